The van der Waals surface area contributed by atoms with Crippen LogP contribution in [0.3, 0.4) is 0 Å². The minimum atomic E-state index is 0. The summed E-state index contributed by atoms with van der Waals surface area (Å²) in [5.41, 5.74) is 1.34. The fourth-order valence-electron chi connectivity index (χ4n) is 2.89. The van der Waals surface area contributed by atoms with Gasteiger partial charge in [-0.1, -0.05) is 42.5 Å². The normalized spacial score (nSPS) is 14.4. The van der Waals surface area contributed by atoms with Crippen LogP contribution in [0.4, 0.5) is 0 Å². The van der Waals surface area contributed by atoms with Crippen molar-refractivity contribution in [1.82, 2.24) is 20.2 Å². The van der Waals surface area contributed by atoms with Gasteiger partial charge in [0.25, 0.3) is 0 Å². The fraction of sp³-hybridized carbons (Fsp3) is 0.368. The molecule has 134 valence electrons. The molecule has 6 heteroatoms. The predicted octanol–water partition coefficient (Wildman–Crippen LogP) is 3.13. The molecule has 1 aromatic heterocycles. The number of nitrogens with one attached hydrogen (secondary N) is 2. The first-order chi connectivity index (χ1) is 11.8. The van der Waals surface area contributed by atoms with Crippen LogP contribution in [-0.4, -0.2) is 28.6 Å². The van der Waals surface area contributed by atoms with E-state index in [9.17, 15) is 0 Å². The third-order valence-corrected chi connectivity index (χ3v) is 4.27. The minimum absolute atomic E-state index is 0. The molecule has 3 rings (SSSR count). The van der Waals surface area contributed by atoms with E-state index in [4.69, 9.17) is 0 Å². The number of aliphatic imine (C=N–C) groups is 1. The first-order valence-corrected chi connectivity index (χ1v) is 8.51. The monoisotopic (exact) mass is 451 g/mol. The zero-order valence-electron chi connectivity index (χ0n) is 14.6. The summed E-state index contributed by atoms with van der Waals surface area (Å²) in [4.78, 5) is 8.78. The van der Waals surface area contributed by atoms with E-state index in [2.05, 4.69) is 67.7 Å². The van der Waals surface area contributed by atoms with E-state index in [1.54, 1.807) is 7.05 Å². The van der Waals surface area contributed by atoms with E-state index in [-0.39, 0.29) is 24.0 Å². The Kier molecular flexibility index (Phi) is 7.97. The molecular formula is C19H26IN5. The van der Waals surface area contributed by atoms with Crippen LogP contribution in [0.2, 0.25) is 0 Å². The van der Waals surface area contributed by atoms with Crippen LogP contribution in [-0.2, 0) is 19.5 Å². The average Bonchev–Trinajstić information content (AvgIpc) is 3.29. The molecule has 0 atom stereocenters. The number of aryl methyl sites for hydroxylation is 2. The number of guanidine groups is 1. The highest BCUT2D eigenvalue weighted by atomic mass is 127. The van der Waals surface area contributed by atoms with Crippen molar-refractivity contribution in [3.8, 4) is 0 Å². The number of benzene rings is 1. The first-order valence-electron chi connectivity index (χ1n) is 8.51. The molecule has 25 heavy (non-hydrogen) atoms. The van der Waals surface area contributed by atoms with Gasteiger partial charge in [0.05, 0.1) is 6.54 Å². The van der Waals surface area contributed by atoms with E-state index >= 15 is 0 Å². The lowest BCUT2D eigenvalue weighted by Crippen LogP contribution is -2.42. The van der Waals surface area contributed by atoms with Crippen molar-refractivity contribution in [2.45, 2.75) is 38.4 Å². The van der Waals surface area contributed by atoms with E-state index in [1.807, 2.05) is 12.4 Å². The van der Waals surface area contributed by atoms with Crippen molar-refractivity contribution < 1.29 is 0 Å². The molecule has 1 aliphatic carbocycles. The van der Waals surface area contributed by atoms with E-state index in [1.165, 1.54) is 5.56 Å². The summed E-state index contributed by atoms with van der Waals surface area (Å²) < 4.78 is 2.20. The van der Waals surface area contributed by atoms with Crippen molar-refractivity contribution in [3.63, 3.8) is 0 Å². The van der Waals surface area contributed by atoms with Gasteiger partial charge in [0.2, 0.25) is 0 Å². The molecule has 0 bridgehead atoms. The Bertz CT molecular complexity index is 685. The van der Waals surface area contributed by atoms with Gasteiger partial charge in [-0.05, 0) is 24.8 Å². The molecule has 0 unspecified atom stereocenters. The Morgan fingerprint density at radius 1 is 1.24 bits per heavy atom. The Morgan fingerprint density at radius 2 is 2.00 bits per heavy atom. The zero-order chi connectivity index (χ0) is 16.6. The van der Waals surface area contributed by atoms with Gasteiger partial charge in [-0.3, -0.25) is 4.99 Å². The Balaban J connectivity index is 0.00000225. The number of hydrogen-bond acceptors (Lipinski definition) is 2. The summed E-state index contributed by atoms with van der Waals surface area (Å²) in [5.74, 6) is 1.86. The van der Waals surface area contributed by atoms with Crippen molar-refractivity contribution in [2.24, 2.45) is 4.99 Å². The second-order valence-electron chi connectivity index (χ2n) is 5.98. The molecule has 0 radical (unpaired) electrons. The maximum absolute atomic E-state index is 4.47. The summed E-state index contributed by atoms with van der Waals surface area (Å²) >= 11 is 0. The SMILES string of the molecule is CN=C(NCc1nccn1CCc1ccccc1)NC1CC=CC1.I. The lowest BCUT2D eigenvalue weighted by molar-refractivity contribution is 0.611. The molecule has 2 N–H and O–H groups in total. The summed E-state index contributed by atoms with van der Waals surface area (Å²) in [6, 6.07) is 11.0. The molecule has 5 nitrogen and oxygen atoms in total. The van der Waals surface area contributed by atoms with Crippen LogP contribution in [0, 0.1) is 0 Å². The van der Waals surface area contributed by atoms with Gasteiger partial charge in [0.15, 0.2) is 5.96 Å². The quantitative estimate of drug-likeness (QED) is 0.307. The van der Waals surface area contributed by atoms with E-state index in [0.717, 1.165) is 37.6 Å². The first kappa shape index (κ1) is 19.5. The zero-order valence-corrected chi connectivity index (χ0v) is 16.9. The fourth-order valence-corrected chi connectivity index (χ4v) is 2.89. The lowest BCUT2D eigenvalue weighted by atomic mass is 10.1. The molecule has 1 aromatic carbocycles. The third-order valence-electron chi connectivity index (χ3n) is 4.27. The lowest BCUT2D eigenvalue weighted by Gasteiger charge is -2.17. The third kappa shape index (κ3) is 5.88. The van der Waals surface area contributed by atoms with Crippen molar-refractivity contribution in [1.29, 1.82) is 0 Å². The van der Waals surface area contributed by atoms with Crippen LogP contribution in [0.5, 0.6) is 0 Å². The van der Waals surface area contributed by atoms with Gasteiger partial charge >= 0.3 is 0 Å². The largest absolute Gasteiger partial charge is 0.353 e. The molecular weight excluding hydrogens is 425 g/mol. The highest BCUT2D eigenvalue weighted by molar-refractivity contribution is 14.0. The molecule has 1 heterocycles. The van der Waals surface area contributed by atoms with Crippen LogP contribution >= 0.6 is 24.0 Å². The van der Waals surface area contributed by atoms with Gasteiger partial charge in [0, 0.05) is 32.0 Å². The van der Waals surface area contributed by atoms with Crippen molar-refractivity contribution in [2.75, 3.05) is 7.05 Å². The topological polar surface area (TPSA) is 54.2 Å². The van der Waals surface area contributed by atoms with Gasteiger partial charge in [-0.25, -0.2) is 4.98 Å². The standard InChI is InChI=1S/C19H25N5.HI/c1-20-19(23-17-9-5-6-10-17)22-15-18-21-12-14-24(18)13-11-16-7-3-2-4-8-16;/h2-8,12,14,17H,9-11,13,15H2,1H3,(H2,20,22,23);1H. The summed E-state index contributed by atoms with van der Waals surface area (Å²) in [5, 5.41) is 6.81. The maximum Gasteiger partial charge on any atom is 0.191 e. The Morgan fingerprint density at radius 3 is 2.72 bits per heavy atom. The average molecular weight is 451 g/mol. The smallest absolute Gasteiger partial charge is 0.191 e. The maximum atomic E-state index is 4.47. The minimum Gasteiger partial charge on any atom is -0.353 e. The van der Waals surface area contributed by atoms with E-state index < -0.39 is 0 Å². The number of rotatable bonds is 6. The summed E-state index contributed by atoms with van der Waals surface area (Å²) in [6.45, 7) is 1.60. The van der Waals surface area contributed by atoms with Crippen LogP contribution in [0.25, 0.3) is 0 Å². The predicted molar refractivity (Wildman–Crippen MR) is 113 cm³/mol. The molecule has 1 aliphatic rings. The van der Waals surface area contributed by atoms with Gasteiger partial charge in [0.1, 0.15) is 5.82 Å². The number of nitrogens with zero attached hydrogens (tertiary/aromatic N) is 3. The molecule has 0 fully saturated rings. The molecule has 0 saturated heterocycles. The molecule has 0 saturated carbocycles. The molecule has 2 aromatic rings. The number of imidazole rings is 1. The van der Waals surface area contributed by atoms with Gasteiger partial charge in [-0.15, -0.1) is 24.0 Å². The van der Waals surface area contributed by atoms with Crippen molar-refractivity contribution in [3.05, 3.63) is 66.3 Å². The molecule has 0 amide bonds. The Labute approximate surface area is 166 Å². The van der Waals surface area contributed by atoms with Crippen LogP contribution in [0.1, 0.15) is 24.2 Å². The van der Waals surface area contributed by atoms with Crippen molar-refractivity contribution >= 4 is 29.9 Å². The number of aromatic nitrogens is 2. The van der Waals surface area contributed by atoms with Crippen LogP contribution in [0.15, 0.2) is 59.9 Å². The highest BCUT2D eigenvalue weighted by Crippen LogP contribution is 2.09. The van der Waals surface area contributed by atoms with Crippen LogP contribution < -0.4 is 10.6 Å². The molecule has 0 aliphatic heterocycles. The number of hydrogen-bond donors (Lipinski definition) is 2. The van der Waals surface area contributed by atoms with E-state index in [0.29, 0.717) is 12.6 Å². The number of halogens is 1. The summed E-state index contributed by atoms with van der Waals surface area (Å²) in [7, 11) is 1.81. The van der Waals surface area contributed by atoms with Gasteiger partial charge < -0.3 is 15.2 Å². The second-order valence-corrected chi connectivity index (χ2v) is 5.98. The highest BCUT2D eigenvalue weighted by Gasteiger charge is 2.12. The summed E-state index contributed by atoms with van der Waals surface area (Å²) in [6.07, 6.45) is 11.4. The molecule has 0 spiro atoms. The van der Waals surface area contributed by atoms with Gasteiger partial charge in [-0.2, -0.15) is 0 Å². The Hall–Kier alpha value is -1.83. The second kappa shape index (κ2) is 10.2.